The summed E-state index contributed by atoms with van der Waals surface area (Å²) in [6.45, 7) is 0. The number of nitrogens with zero attached hydrogens (tertiary/aromatic N) is 1. The van der Waals surface area contributed by atoms with Gasteiger partial charge in [-0.25, -0.2) is 0 Å². The fourth-order valence-corrected chi connectivity index (χ4v) is 2.98. The highest BCUT2D eigenvalue weighted by Crippen LogP contribution is 2.37. The molecule has 0 heterocycles. The first-order valence-electron chi connectivity index (χ1n) is 6.95. The Labute approximate surface area is 118 Å². The van der Waals surface area contributed by atoms with Crippen LogP contribution in [0.3, 0.4) is 0 Å². The molecule has 1 aliphatic carbocycles. The molecule has 0 saturated heterocycles. The molecule has 20 heavy (non-hydrogen) atoms. The van der Waals surface area contributed by atoms with E-state index in [0.29, 0.717) is 0 Å². The highest BCUT2D eigenvalue weighted by Gasteiger charge is 2.31. The molecule has 1 fully saturated rings. The van der Waals surface area contributed by atoms with Crippen LogP contribution in [0, 0.1) is 16.0 Å². The van der Waals surface area contributed by atoms with Gasteiger partial charge in [0, 0.05) is 12.1 Å². The van der Waals surface area contributed by atoms with E-state index in [2.05, 4.69) is 0 Å². The number of nitro benzene ring substituents is 1. The molecule has 1 saturated carbocycles. The van der Waals surface area contributed by atoms with Gasteiger partial charge in [0.1, 0.15) is 0 Å². The first-order chi connectivity index (χ1) is 9.63. The van der Waals surface area contributed by atoms with Crippen LogP contribution >= 0.6 is 0 Å². The summed E-state index contributed by atoms with van der Waals surface area (Å²) in [4.78, 5) is 22.2. The predicted molar refractivity (Wildman–Crippen MR) is 74.4 cm³/mol. The fraction of sp³-hybridized carbons (Fsp3) is 0.533. The number of carbonyl (C=O) groups is 1. The van der Waals surface area contributed by atoms with E-state index < -0.39 is 4.92 Å². The van der Waals surface area contributed by atoms with Crippen molar-refractivity contribution in [2.75, 3.05) is 7.11 Å². The van der Waals surface area contributed by atoms with Gasteiger partial charge in [0.15, 0.2) is 0 Å². The summed E-state index contributed by atoms with van der Waals surface area (Å²) in [5.41, 5.74) is 1.07. The van der Waals surface area contributed by atoms with Crippen molar-refractivity contribution in [2.24, 2.45) is 5.92 Å². The molecule has 0 N–H and O–H groups in total. The Morgan fingerprint density at radius 3 is 2.45 bits per heavy atom. The highest BCUT2D eigenvalue weighted by atomic mass is 16.6. The Morgan fingerprint density at radius 1 is 1.20 bits per heavy atom. The maximum Gasteiger partial charge on any atom is 0.309 e. The quantitative estimate of drug-likeness (QED) is 0.367. The number of non-ortho nitro benzene ring substituents is 1. The monoisotopic (exact) mass is 277 g/mol. The lowest BCUT2D eigenvalue weighted by Crippen LogP contribution is -2.22. The average Bonchev–Trinajstić information content (AvgIpc) is 2.72. The molecule has 0 aromatic heterocycles. The number of rotatable bonds is 3. The topological polar surface area (TPSA) is 69.4 Å². The van der Waals surface area contributed by atoms with Crippen LogP contribution in [0.25, 0.3) is 0 Å². The minimum absolute atomic E-state index is 0.0805. The summed E-state index contributed by atoms with van der Waals surface area (Å²) in [5.74, 6) is -0.204. The molecule has 0 spiro atoms. The molecule has 2 atom stereocenters. The standard InChI is InChI=1S/C15H19NO4/c1-20-15(17)14-6-4-2-3-5-13(14)11-7-9-12(10-8-11)16(18)19/h7-10,13-14H,2-6H2,1H3. The summed E-state index contributed by atoms with van der Waals surface area (Å²) in [6, 6.07) is 6.55. The Morgan fingerprint density at radius 2 is 1.85 bits per heavy atom. The molecule has 0 radical (unpaired) electrons. The molecule has 1 aliphatic rings. The van der Waals surface area contributed by atoms with Gasteiger partial charge in [-0.15, -0.1) is 0 Å². The lowest BCUT2D eigenvalue weighted by molar-refractivity contribution is -0.384. The van der Waals surface area contributed by atoms with Crippen LogP contribution < -0.4 is 0 Å². The van der Waals surface area contributed by atoms with Gasteiger partial charge in [-0.2, -0.15) is 0 Å². The molecule has 0 amide bonds. The van der Waals surface area contributed by atoms with Crippen LogP contribution in [-0.4, -0.2) is 18.0 Å². The van der Waals surface area contributed by atoms with E-state index in [-0.39, 0.29) is 23.5 Å². The van der Waals surface area contributed by atoms with E-state index in [0.717, 1.165) is 37.7 Å². The SMILES string of the molecule is COC(=O)C1CCCCCC1c1ccc([N+](=O)[O-])cc1. The molecule has 1 aromatic carbocycles. The molecule has 0 aliphatic heterocycles. The van der Waals surface area contributed by atoms with Gasteiger partial charge in [-0.05, 0) is 24.3 Å². The van der Waals surface area contributed by atoms with Crippen LogP contribution in [0.4, 0.5) is 5.69 Å². The third-order valence-corrected chi connectivity index (χ3v) is 4.05. The summed E-state index contributed by atoms with van der Waals surface area (Å²) in [5, 5.41) is 10.7. The van der Waals surface area contributed by atoms with Crippen molar-refractivity contribution in [3.63, 3.8) is 0 Å². The maximum atomic E-state index is 11.9. The van der Waals surface area contributed by atoms with E-state index in [1.165, 1.54) is 19.2 Å². The number of nitro groups is 1. The number of hydrogen-bond donors (Lipinski definition) is 0. The second-order valence-corrected chi connectivity index (χ2v) is 5.22. The van der Waals surface area contributed by atoms with Crippen LogP contribution in [0.2, 0.25) is 0 Å². The zero-order valence-electron chi connectivity index (χ0n) is 11.6. The zero-order chi connectivity index (χ0) is 14.5. The number of esters is 1. The minimum Gasteiger partial charge on any atom is -0.469 e. The van der Waals surface area contributed by atoms with Crippen LogP contribution in [0.15, 0.2) is 24.3 Å². The van der Waals surface area contributed by atoms with Gasteiger partial charge in [-0.1, -0.05) is 31.4 Å². The predicted octanol–water partition coefficient (Wildman–Crippen LogP) is 3.43. The van der Waals surface area contributed by atoms with E-state index in [1.54, 1.807) is 12.1 Å². The fourth-order valence-electron chi connectivity index (χ4n) is 2.98. The Hall–Kier alpha value is -1.91. The van der Waals surface area contributed by atoms with Crippen LogP contribution in [0.1, 0.15) is 43.6 Å². The Bertz CT molecular complexity index is 483. The molecule has 5 heteroatoms. The Kier molecular flexibility index (Phi) is 4.71. The second kappa shape index (κ2) is 6.50. The third-order valence-electron chi connectivity index (χ3n) is 4.05. The number of ether oxygens (including phenoxy) is 1. The van der Waals surface area contributed by atoms with Gasteiger partial charge in [-0.3, -0.25) is 14.9 Å². The highest BCUT2D eigenvalue weighted by molar-refractivity contribution is 5.73. The molecular weight excluding hydrogens is 258 g/mol. The van der Waals surface area contributed by atoms with E-state index in [4.69, 9.17) is 4.74 Å². The second-order valence-electron chi connectivity index (χ2n) is 5.22. The van der Waals surface area contributed by atoms with Crippen molar-refractivity contribution in [3.8, 4) is 0 Å². The van der Waals surface area contributed by atoms with Gasteiger partial charge >= 0.3 is 5.97 Å². The lowest BCUT2D eigenvalue weighted by atomic mass is 9.82. The van der Waals surface area contributed by atoms with Crippen molar-refractivity contribution in [2.45, 2.75) is 38.0 Å². The first-order valence-corrected chi connectivity index (χ1v) is 6.95. The summed E-state index contributed by atoms with van der Waals surface area (Å²) >= 11 is 0. The van der Waals surface area contributed by atoms with Crippen molar-refractivity contribution in [1.82, 2.24) is 0 Å². The normalized spacial score (nSPS) is 22.9. The molecule has 1 aromatic rings. The van der Waals surface area contributed by atoms with Gasteiger partial charge in [0.25, 0.3) is 5.69 Å². The lowest BCUT2D eigenvalue weighted by Gasteiger charge is -2.23. The van der Waals surface area contributed by atoms with Crippen molar-refractivity contribution < 1.29 is 14.5 Å². The van der Waals surface area contributed by atoms with E-state index >= 15 is 0 Å². The average molecular weight is 277 g/mol. The minimum atomic E-state index is -0.408. The number of carbonyl (C=O) groups excluding carboxylic acids is 1. The van der Waals surface area contributed by atoms with Crippen molar-refractivity contribution >= 4 is 11.7 Å². The van der Waals surface area contributed by atoms with Crippen LogP contribution in [-0.2, 0) is 9.53 Å². The Balaban J connectivity index is 2.25. The molecule has 108 valence electrons. The summed E-state index contributed by atoms with van der Waals surface area (Å²) in [6.07, 6.45) is 4.99. The van der Waals surface area contributed by atoms with Crippen LogP contribution in [0.5, 0.6) is 0 Å². The smallest absolute Gasteiger partial charge is 0.309 e. The van der Waals surface area contributed by atoms with E-state index in [9.17, 15) is 14.9 Å². The van der Waals surface area contributed by atoms with Gasteiger partial charge in [0.2, 0.25) is 0 Å². The molecule has 0 bridgehead atoms. The molecule has 5 nitrogen and oxygen atoms in total. The summed E-state index contributed by atoms with van der Waals surface area (Å²) in [7, 11) is 1.42. The van der Waals surface area contributed by atoms with Crippen molar-refractivity contribution in [3.05, 3.63) is 39.9 Å². The molecule has 2 rings (SSSR count). The largest absolute Gasteiger partial charge is 0.469 e. The number of methoxy groups -OCH3 is 1. The number of benzene rings is 1. The first kappa shape index (κ1) is 14.5. The number of hydrogen-bond acceptors (Lipinski definition) is 4. The van der Waals surface area contributed by atoms with Gasteiger partial charge < -0.3 is 4.74 Å². The third kappa shape index (κ3) is 3.15. The summed E-state index contributed by atoms with van der Waals surface area (Å²) < 4.78 is 4.91. The van der Waals surface area contributed by atoms with E-state index in [1.807, 2.05) is 0 Å². The van der Waals surface area contributed by atoms with Gasteiger partial charge in [0.05, 0.1) is 18.0 Å². The van der Waals surface area contributed by atoms with Crippen molar-refractivity contribution in [1.29, 1.82) is 0 Å². The zero-order valence-corrected chi connectivity index (χ0v) is 11.6. The maximum absolute atomic E-state index is 11.9. The molecule has 2 unspecified atom stereocenters. The molecular formula is C15H19NO4.